The highest BCUT2D eigenvalue weighted by Gasteiger charge is 2.09. The van der Waals surface area contributed by atoms with Crippen LogP contribution in [0.15, 0.2) is 36.4 Å². The number of nitrogens with zero attached hydrogens (tertiary/aromatic N) is 4. The predicted molar refractivity (Wildman–Crippen MR) is 96.3 cm³/mol. The number of carbonyl (C=O) groups is 2. The van der Waals surface area contributed by atoms with Gasteiger partial charge in [0.1, 0.15) is 11.4 Å². The fourth-order valence-corrected chi connectivity index (χ4v) is 2.59. The molecule has 0 N–H and O–H groups in total. The van der Waals surface area contributed by atoms with Gasteiger partial charge in [-0.2, -0.15) is 0 Å². The van der Waals surface area contributed by atoms with Crippen molar-refractivity contribution in [3.8, 4) is 0 Å². The van der Waals surface area contributed by atoms with E-state index in [1.807, 2.05) is 38.4 Å². The summed E-state index contributed by atoms with van der Waals surface area (Å²) in [6.07, 6.45) is 0. The van der Waals surface area contributed by atoms with Crippen molar-refractivity contribution >= 4 is 11.6 Å². The molecule has 2 rings (SSSR count). The highest BCUT2D eigenvalue weighted by Crippen LogP contribution is 2.07. The number of Topliss-reactive ketones (excluding diaryl/α,β-unsaturated/α-hetero) is 2. The molecule has 0 bridgehead atoms. The van der Waals surface area contributed by atoms with E-state index >= 15 is 0 Å². The molecule has 0 atom stereocenters. The van der Waals surface area contributed by atoms with E-state index in [0.717, 1.165) is 11.4 Å². The molecule has 132 valence electrons. The molecule has 0 aliphatic heterocycles. The molecular formula is C19H24N4O2. The number of carbonyl (C=O) groups excluding carboxylic acids is 2. The minimum Gasteiger partial charge on any atom is -0.293 e. The molecule has 0 saturated heterocycles. The second-order valence-electron chi connectivity index (χ2n) is 6.31. The maximum atomic E-state index is 11.4. The van der Waals surface area contributed by atoms with Gasteiger partial charge in [0, 0.05) is 26.9 Å². The second-order valence-corrected chi connectivity index (χ2v) is 6.31. The van der Waals surface area contributed by atoms with E-state index in [-0.39, 0.29) is 11.6 Å². The van der Waals surface area contributed by atoms with Crippen molar-refractivity contribution in [2.45, 2.75) is 26.9 Å². The third kappa shape index (κ3) is 5.85. The molecule has 0 amide bonds. The van der Waals surface area contributed by atoms with Gasteiger partial charge < -0.3 is 0 Å². The number of pyridine rings is 2. The highest BCUT2D eigenvalue weighted by molar-refractivity contribution is 5.92. The zero-order chi connectivity index (χ0) is 18.4. The Hall–Kier alpha value is -2.44. The SMILES string of the molecule is CC(=O)c1cccc(CN(C)CN(C)Cc2cccc(C(C)=O)n2)n1. The van der Waals surface area contributed by atoms with Gasteiger partial charge in [0.15, 0.2) is 11.6 Å². The fraction of sp³-hybridized carbons (Fsp3) is 0.368. The Morgan fingerprint density at radius 2 is 1.20 bits per heavy atom. The fourth-order valence-electron chi connectivity index (χ4n) is 2.59. The Morgan fingerprint density at radius 3 is 1.56 bits per heavy atom. The van der Waals surface area contributed by atoms with Gasteiger partial charge in [-0.25, -0.2) is 9.97 Å². The number of rotatable bonds is 8. The van der Waals surface area contributed by atoms with Crippen molar-refractivity contribution < 1.29 is 9.59 Å². The van der Waals surface area contributed by atoms with Crippen LogP contribution in [0.25, 0.3) is 0 Å². The van der Waals surface area contributed by atoms with Crippen molar-refractivity contribution in [1.29, 1.82) is 0 Å². The lowest BCUT2D eigenvalue weighted by molar-refractivity contribution is 0.1000. The Balaban J connectivity index is 1.92. The minimum atomic E-state index is -0.0296. The highest BCUT2D eigenvalue weighted by atomic mass is 16.1. The van der Waals surface area contributed by atoms with Crippen molar-refractivity contribution in [3.63, 3.8) is 0 Å². The van der Waals surface area contributed by atoms with E-state index < -0.39 is 0 Å². The minimum absolute atomic E-state index is 0.0296. The molecule has 6 nitrogen and oxygen atoms in total. The van der Waals surface area contributed by atoms with Gasteiger partial charge in [-0.3, -0.25) is 19.4 Å². The summed E-state index contributed by atoms with van der Waals surface area (Å²) in [5, 5.41) is 0. The third-order valence-corrected chi connectivity index (χ3v) is 3.68. The van der Waals surface area contributed by atoms with Gasteiger partial charge in [-0.1, -0.05) is 12.1 Å². The molecule has 25 heavy (non-hydrogen) atoms. The number of ketones is 2. The summed E-state index contributed by atoms with van der Waals surface area (Å²) in [6, 6.07) is 11.0. The summed E-state index contributed by atoms with van der Waals surface area (Å²) in [6.45, 7) is 5.04. The van der Waals surface area contributed by atoms with Crippen LogP contribution >= 0.6 is 0 Å². The first-order valence-electron chi connectivity index (χ1n) is 8.16. The summed E-state index contributed by atoms with van der Waals surface area (Å²) >= 11 is 0. The summed E-state index contributed by atoms with van der Waals surface area (Å²) in [5.74, 6) is -0.0592. The molecule has 0 radical (unpaired) electrons. The van der Waals surface area contributed by atoms with Gasteiger partial charge >= 0.3 is 0 Å². The molecule has 0 unspecified atom stereocenters. The molecule has 0 spiro atoms. The van der Waals surface area contributed by atoms with E-state index in [2.05, 4.69) is 19.8 Å². The molecule has 0 aliphatic carbocycles. The van der Waals surface area contributed by atoms with Crippen LogP contribution in [0.2, 0.25) is 0 Å². The van der Waals surface area contributed by atoms with E-state index in [1.54, 1.807) is 12.1 Å². The first-order chi connectivity index (χ1) is 11.8. The second kappa shape index (κ2) is 8.60. The van der Waals surface area contributed by atoms with Gasteiger partial charge in [0.25, 0.3) is 0 Å². The first-order valence-corrected chi connectivity index (χ1v) is 8.16. The maximum absolute atomic E-state index is 11.4. The first kappa shape index (κ1) is 18.9. The standard InChI is InChI=1S/C19H24N4O2/c1-14(24)18-9-5-7-16(20-18)11-22(3)13-23(4)12-17-8-6-10-19(21-17)15(2)25/h5-10H,11-13H2,1-4H3. The monoisotopic (exact) mass is 340 g/mol. The van der Waals surface area contributed by atoms with Crippen LogP contribution in [0.1, 0.15) is 46.2 Å². The summed E-state index contributed by atoms with van der Waals surface area (Å²) in [5.41, 5.74) is 2.70. The van der Waals surface area contributed by atoms with Crippen LogP contribution in [-0.2, 0) is 13.1 Å². The summed E-state index contributed by atoms with van der Waals surface area (Å²) in [4.78, 5) is 35.8. The van der Waals surface area contributed by atoms with Crippen LogP contribution < -0.4 is 0 Å². The van der Waals surface area contributed by atoms with Crippen LogP contribution in [0.4, 0.5) is 0 Å². The zero-order valence-electron chi connectivity index (χ0n) is 15.2. The average Bonchev–Trinajstić information content (AvgIpc) is 2.54. The average molecular weight is 340 g/mol. The van der Waals surface area contributed by atoms with Crippen LogP contribution in [0, 0.1) is 0 Å². The van der Waals surface area contributed by atoms with Gasteiger partial charge in [-0.05, 0) is 38.4 Å². The summed E-state index contributed by atoms with van der Waals surface area (Å²) in [7, 11) is 4.00. The number of hydrogen-bond donors (Lipinski definition) is 0. The lowest BCUT2D eigenvalue weighted by Gasteiger charge is -2.24. The normalized spacial score (nSPS) is 11.1. The molecule has 0 saturated carbocycles. The Labute approximate surface area is 148 Å². The molecule has 2 heterocycles. The molecule has 0 fully saturated rings. The zero-order valence-corrected chi connectivity index (χ0v) is 15.2. The molecule has 2 aromatic rings. The number of hydrogen-bond acceptors (Lipinski definition) is 6. The van der Waals surface area contributed by atoms with Gasteiger partial charge in [0.2, 0.25) is 0 Å². The smallest absolute Gasteiger partial charge is 0.178 e. The van der Waals surface area contributed by atoms with Gasteiger partial charge in [0.05, 0.1) is 18.1 Å². The van der Waals surface area contributed by atoms with Crippen LogP contribution in [-0.4, -0.2) is 52.1 Å². The van der Waals surface area contributed by atoms with Crippen molar-refractivity contribution in [2.75, 3.05) is 20.8 Å². The topological polar surface area (TPSA) is 66.4 Å². The third-order valence-electron chi connectivity index (χ3n) is 3.68. The van der Waals surface area contributed by atoms with Crippen LogP contribution in [0.3, 0.4) is 0 Å². The van der Waals surface area contributed by atoms with E-state index in [1.165, 1.54) is 13.8 Å². The molecule has 6 heteroatoms. The summed E-state index contributed by atoms with van der Waals surface area (Å²) < 4.78 is 0. The predicted octanol–water partition coefficient (Wildman–Crippen LogP) is 2.40. The molecule has 2 aromatic heterocycles. The van der Waals surface area contributed by atoms with E-state index in [4.69, 9.17) is 0 Å². The molecular weight excluding hydrogens is 316 g/mol. The maximum Gasteiger partial charge on any atom is 0.178 e. The van der Waals surface area contributed by atoms with Crippen molar-refractivity contribution in [2.24, 2.45) is 0 Å². The Bertz CT molecular complexity index is 697. The molecule has 0 aromatic carbocycles. The Morgan fingerprint density at radius 1 is 0.800 bits per heavy atom. The van der Waals surface area contributed by atoms with Gasteiger partial charge in [-0.15, -0.1) is 0 Å². The van der Waals surface area contributed by atoms with Crippen LogP contribution in [0.5, 0.6) is 0 Å². The van der Waals surface area contributed by atoms with E-state index in [9.17, 15) is 9.59 Å². The lowest BCUT2D eigenvalue weighted by Crippen LogP contribution is -2.32. The van der Waals surface area contributed by atoms with Crippen molar-refractivity contribution in [1.82, 2.24) is 19.8 Å². The lowest BCUT2D eigenvalue weighted by atomic mass is 10.2. The molecule has 0 aliphatic rings. The number of aromatic nitrogens is 2. The Kier molecular flexibility index (Phi) is 6.50. The largest absolute Gasteiger partial charge is 0.293 e. The van der Waals surface area contributed by atoms with Crippen molar-refractivity contribution in [3.05, 3.63) is 59.2 Å². The quantitative estimate of drug-likeness (QED) is 0.543. The van der Waals surface area contributed by atoms with E-state index in [0.29, 0.717) is 31.1 Å².